The number of para-hydroxylation sites is 1. The maximum atomic E-state index is 6.07. The average molecular weight is 327 g/mol. The van der Waals surface area contributed by atoms with E-state index >= 15 is 0 Å². The van der Waals surface area contributed by atoms with Crippen molar-refractivity contribution in [2.45, 2.75) is 38.5 Å². The van der Waals surface area contributed by atoms with Gasteiger partial charge in [0.15, 0.2) is 5.96 Å². The molecule has 0 atom stereocenters. The highest BCUT2D eigenvalue weighted by atomic mass is 16.5. The van der Waals surface area contributed by atoms with Gasteiger partial charge in [0.25, 0.3) is 0 Å². The molecule has 1 aromatic heterocycles. The third-order valence-electron chi connectivity index (χ3n) is 4.35. The molecule has 0 spiro atoms. The fraction of sp³-hybridized carbons (Fsp3) is 0.444. The molecule has 2 aromatic rings. The lowest BCUT2D eigenvalue weighted by Gasteiger charge is -2.27. The number of ether oxygens (including phenoxy) is 1. The number of aliphatic imine (C=N–C) groups is 1. The number of hydrogen-bond donors (Lipinski definition) is 2. The molecule has 0 bridgehead atoms. The summed E-state index contributed by atoms with van der Waals surface area (Å²) in [4.78, 5) is 4.27. The highest BCUT2D eigenvalue weighted by Crippen LogP contribution is 2.27. The SMILES string of the molecule is CN=C(NCc1ccccc1OC1CCC1)NCc1ccnn1C. The molecule has 6 heteroatoms. The molecule has 0 aliphatic heterocycles. The van der Waals surface area contributed by atoms with Crippen LogP contribution in [-0.4, -0.2) is 28.9 Å². The van der Waals surface area contributed by atoms with Crippen LogP contribution in [0.1, 0.15) is 30.5 Å². The standard InChI is InChI=1S/C18H25N5O/c1-19-18(21-13-15-10-11-22-23(15)2)20-12-14-6-3-4-9-17(14)24-16-7-5-8-16/h3-4,6,9-11,16H,5,7-8,12-13H2,1-2H3,(H2,19,20,21). The smallest absolute Gasteiger partial charge is 0.191 e. The Balaban J connectivity index is 1.54. The molecule has 0 saturated heterocycles. The van der Waals surface area contributed by atoms with Crippen LogP contribution in [0.5, 0.6) is 5.75 Å². The highest BCUT2D eigenvalue weighted by Gasteiger charge is 2.20. The van der Waals surface area contributed by atoms with Gasteiger partial charge >= 0.3 is 0 Å². The summed E-state index contributed by atoms with van der Waals surface area (Å²) in [5, 5.41) is 10.8. The molecule has 1 aromatic carbocycles. The molecule has 1 heterocycles. The van der Waals surface area contributed by atoms with E-state index in [9.17, 15) is 0 Å². The van der Waals surface area contributed by atoms with Gasteiger partial charge in [0.2, 0.25) is 0 Å². The molecule has 0 unspecified atom stereocenters. The van der Waals surface area contributed by atoms with Crippen molar-refractivity contribution in [3.05, 3.63) is 47.8 Å². The summed E-state index contributed by atoms with van der Waals surface area (Å²) in [6, 6.07) is 10.2. The van der Waals surface area contributed by atoms with Crippen LogP contribution in [0.2, 0.25) is 0 Å². The Morgan fingerprint density at radius 1 is 1.25 bits per heavy atom. The number of rotatable bonds is 6. The summed E-state index contributed by atoms with van der Waals surface area (Å²) < 4.78 is 7.92. The zero-order chi connectivity index (χ0) is 16.8. The first-order valence-electron chi connectivity index (χ1n) is 8.42. The van der Waals surface area contributed by atoms with Gasteiger partial charge in [-0.2, -0.15) is 5.10 Å². The van der Waals surface area contributed by atoms with E-state index in [0.717, 1.165) is 35.8 Å². The zero-order valence-electron chi connectivity index (χ0n) is 14.3. The van der Waals surface area contributed by atoms with Crippen molar-refractivity contribution < 1.29 is 4.74 Å². The van der Waals surface area contributed by atoms with Gasteiger partial charge < -0.3 is 15.4 Å². The Bertz CT molecular complexity index is 690. The van der Waals surface area contributed by atoms with Gasteiger partial charge in [0, 0.05) is 32.4 Å². The second-order valence-electron chi connectivity index (χ2n) is 6.00. The number of nitrogens with one attached hydrogen (secondary N) is 2. The molecule has 1 aliphatic carbocycles. The molecule has 1 saturated carbocycles. The summed E-state index contributed by atoms with van der Waals surface area (Å²) in [7, 11) is 3.70. The monoisotopic (exact) mass is 327 g/mol. The normalized spacial score (nSPS) is 15.0. The van der Waals surface area contributed by atoms with Crippen molar-refractivity contribution in [1.29, 1.82) is 0 Å². The molecule has 0 amide bonds. The van der Waals surface area contributed by atoms with E-state index in [-0.39, 0.29) is 0 Å². The molecular formula is C18H25N5O. The molecule has 2 N–H and O–H groups in total. The predicted octanol–water partition coefficient (Wildman–Crippen LogP) is 2.22. The molecule has 24 heavy (non-hydrogen) atoms. The fourth-order valence-electron chi connectivity index (χ4n) is 2.58. The first-order valence-corrected chi connectivity index (χ1v) is 8.42. The van der Waals surface area contributed by atoms with Gasteiger partial charge in [-0.1, -0.05) is 18.2 Å². The second kappa shape index (κ2) is 7.86. The second-order valence-corrected chi connectivity index (χ2v) is 6.00. The van der Waals surface area contributed by atoms with Crippen molar-refractivity contribution in [3.63, 3.8) is 0 Å². The third kappa shape index (κ3) is 4.07. The van der Waals surface area contributed by atoms with E-state index in [4.69, 9.17) is 4.74 Å². The Labute approximate surface area is 142 Å². The lowest BCUT2D eigenvalue weighted by atomic mass is 9.96. The molecule has 128 valence electrons. The van der Waals surface area contributed by atoms with E-state index in [1.807, 2.05) is 36.0 Å². The Kier molecular flexibility index (Phi) is 5.36. The van der Waals surface area contributed by atoms with Crippen LogP contribution in [0.15, 0.2) is 41.5 Å². The van der Waals surface area contributed by atoms with Gasteiger partial charge in [-0.05, 0) is 31.4 Å². The van der Waals surface area contributed by atoms with Crippen LogP contribution in [-0.2, 0) is 20.1 Å². The molecule has 6 nitrogen and oxygen atoms in total. The average Bonchev–Trinajstić information content (AvgIpc) is 2.97. The topological polar surface area (TPSA) is 63.5 Å². The number of aryl methyl sites for hydroxylation is 1. The number of nitrogens with zero attached hydrogens (tertiary/aromatic N) is 3. The quantitative estimate of drug-likeness (QED) is 0.631. The number of aromatic nitrogens is 2. The van der Waals surface area contributed by atoms with Crippen LogP contribution in [0.4, 0.5) is 0 Å². The van der Waals surface area contributed by atoms with Gasteiger partial charge in [0.05, 0.1) is 18.3 Å². The molecular weight excluding hydrogens is 302 g/mol. The Morgan fingerprint density at radius 2 is 2.04 bits per heavy atom. The number of guanidine groups is 1. The fourth-order valence-corrected chi connectivity index (χ4v) is 2.58. The van der Waals surface area contributed by atoms with Gasteiger partial charge in [-0.25, -0.2) is 0 Å². The van der Waals surface area contributed by atoms with Crippen molar-refractivity contribution in [2.24, 2.45) is 12.0 Å². The predicted molar refractivity (Wildman–Crippen MR) is 95.0 cm³/mol. The maximum Gasteiger partial charge on any atom is 0.191 e. The summed E-state index contributed by atoms with van der Waals surface area (Å²) in [6.07, 6.45) is 5.77. The van der Waals surface area contributed by atoms with Crippen LogP contribution in [0, 0.1) is 0 Å². The van der Waals surface area contributed by atoms with Crippen LogP contribution >= 0.6 is 0 Å². The zero-order valence-corrected chi connectivity index (χ0v) is 14.3. The Hall–Kier alpha value is -2.50. The molecule has 0 radical (unpaired) electrons. The van der Waals surface area contributed by atoms with Crippen molar-refractivity contribution >= 4 is 5.96 Å². The maximum absolute atomic E-state index is 6.07. The van der Waals surface area contributed by atoms with E-state index in [1.165, 1.54) is 6.42 Å². The van der Waals surface area contributed by atoms with E-state index in [1.54, 1.807) is 13.2 Å². The summed E-state index contributed by atoms with van der Waals surface area (Å²) in [5.41, 5.74) is 2.25. The lowest BCUT2D eigenvalue weighted by molar-refractivity contribution is 0.119. The minimum absolute atomic E-state index is 0.383. The number of hydrogen-bond acceptors (Lipinski definition) is 3. The summed E-state index contributed by atoms with van der Waals surface area (Å²) >= 11 is 0. The van der Waals surface area contributed by atoms with Gasteiger partial charge in [-0.3, -0.25) is 9.67 Å². The molecule has 1 aliphatic rings. The van der Waals surface area contributed by atoms with Crippen molar-refractivity contribution in [1.82, 2.24) is 20.4 Å². The van der Waals surface area contributed by atoms with E-state index in [2.05, 4.69) is 26.8 Å². The minimum Gasteiger partial charge on any atom is -0.490 e. The van der Waals surface area contributed by atoms with E-state index in [0.29, 0.717) is 19.2 Å². The van der Waals surface area contributed by atoms with E-state index < -0.39 is 0 Å². The van der Waals surface area contributed by atoms with Crippen LogP contribution in [0.3, 0.4) is 0 Å². The van der Waals surface area contributed by atoms with Gasteiger partial charge in [0.1, 0.15) is 5.75 Å². The van der Waals surface area contributed by atoms with Gasteiger partial charge in [-0.15, -0.1) is 0 Å². The number of benzene rings is 1. The van der Waals surface area contributed by atoms with Crippen molar-refractivity contribution in [2.75, 3.05) is 7.05 Å². The minimum atomic E-state index is 0.383. The summed E-state index contributed by atoms with van der Waals surface area (Å²) in [5.74, 6) is 1.73. The Morgan fingerprint density at radius 3 is 2.71 bits per heavy atom. The highest BCUT2D eigenvalue weighted by molar-refractivity contribution is 5.79. The molecule has 1 fully saturated rings. The van der Waals surface area contributed by atoms with Crippen molar-refractivity contribution in [3.8, 4) is 5.75 Å². The third-order valence-corrected chi connectivity index (χ3v) is 4.35. The first kappa shape index (κ1) is 16.4. The first-order chi connectivity index (χ1) is 11.8. The summed E-state index contributed by atoms with van der Waals surface area (Å²) in [6.45, 7) is 1.35. The lowest BCUT2D eigenvalue weighted by Crippen LogP contribution is -2.37. The van der Waals surface area contributed by atoms with Crippen LogP contribution in [0.25, 0.3) is 0 Å². The largest absolute Gasteiger partial charge is 0.490 e. The molecule has 3 rings (SSSR count). The van der Waals surface area contributed by atoms with Crippen LogP contribution < -0.4 is 15.4 Å².